The van der Waals surface area contributed by atoms with Crippen LogP contribution in [0, 0.1) is 6.92 Å². The highest BCUT2D eigenvalue weighted by Gasteiger charge is 2.24. The Kier molecular flexibility index (Phi) is 4.71. The van der Waals surface area contributed by atoms with Crippen LogP contribution in [0.1, 0.15) is 31.3 Å². The quantitative estimate of drug-likeness (QED) is 0.889. The normalized spacial score (nSPS) is 20.1. The second-order valence-electron chi connectivity index (χ2n) is 5.36. The summed E-state index contributed by atoms with van der Waals surface area (Å²) in [5.41, 5.74) is 1.03. The molecule has 0 saturated carbocycles. The fourth-order valence-corrected chi connectivity index (χ4v) is 2.34. The second-order valence-corrected chi connectivity index (χ2v) is 5.36. The Morgan fingerprint density at radius 1 is 1.47 bits per heavy atom. The Hall–Kier alpha value is -1.20. The Balaban J connectivity index is 2.27. The van der Waals surface area contributed by atoms with Crippen molar-refractivity contribution in [3.63, 3.8) is 0 Å². The number of hydrogen-bond donors (Lipinski definition) is 1. The maximum atomic E-state index is 5.57. The van der Waals surface area contributed by atoms with Crippen molar-refractivity contribution in [3.05, 3.63) is 17.6 Å². The molecule has 5 heteroatoms. The molecule has 0 radical (unpaired) electrons. The molecule has 1 aromatic rings. The van der Waals surface area contributed by atoms with Gasteiger partial charge in [-0.2, -0.15) is 0 Å². The SMILES string of the molecule is CNCC1COCCN1c1cc(C)nc(C(C)C)n1. The standard InChI is InChI=1S/C14H24N4O/c1-10(2)14-16-11(3)7-13(17-14)18-5-6-19-9-12(18)8-15-4/h7,10,12,15H,5-6,8-9H2,1-4H3. The van der Waals surface area contributed by atoms with E-state index in [1.54, 1.807) is 0 Å². The summed E-state index contributed by atoms with van der Waals surface area (Å²) < 4.78 is 5.57. The molecule has 1 fully saturated rings. The number of morpholine rings is 1. The van der Waals surface area contributed by atoms with Crippen LogP contribution in [0.25, 0.3) is 0 Å². The minimum Gasteiger partial charge on any atom is -0.377 e. The molecule has 0 spiro atoms. The van der Waals surface area contributed by atoms with Crippen molar-refractivity contribution in [2.45, 2.75) is 32.7 Å². The molecule has 1 aromatic heterocycles. The average molecular weight is 264 g/mol. The molecule has 1 aliphatic rings. The summed E-state index contributed by atoms with van der Waals surface area (Å²) in [6.45, 7) is 9.60. The first-order valence-electron chi connectivity index (χ1n) is 6.96. The third kappa shape index (κ3) is 3.42. The third-order valence-corrected chi connectivity index (χ3v) is 3.34. The van der Waals surface area contributed by atoms with Gasteiger partial charge in [0.2, 0.25) is 0 Å². The number of nitrogens with zero attached hydrogens (tertiary/aromatic N) is 3. The summed E-state index contributed by atoms with van der Waals surface area (Å²) in [6.07, 6.45) is 0. The lowest BCUT2D eigenvalue weighted by Crippen LogP contribution is -2.50. The topological polar surface area (TPSA) is 50.3 Å². The zero-order valence-corrected chi connectivity index (χ0v) is 12.3. The molecule has 1 aliphatic heterocycles. The van der Waals surface area contributed by atoms with Gasteiger partial charge in [0.25, 0.3) is 0 Å². The van der Waals surface area contributed by atoms with Crippen LogP contribution in [0.4, 0.5) is 5.82 Å². The van der Waals surface area contributed by atoms with Gasteiger partial charge < -0.3 is 15.0 Å². The Morgan fingerprint density at radius 3 is 2.95 bits per heavy atom. The van der Waals surface area contributed by atoms with Crippen LogP contribution in [-0.2, 0) is 4.74 Å². The molecule has 0 aliphatic carbocycles. The van der Waals surface area contributed by atoms with Crippen molar-refractivity contribution < 1.29 is 4.74 Å². The largest absolute Gasteiger partial charge is 0.377 e. The van der Waals surface area contributed by atoms with E-state index in [0.717, 1.165) is 43.6 Å². The van der Waals surface area contributed by atoms with Crippen molar-refractivity contribution in [2.24, 2.45) is 0 Å². The van der Waals surface area contributed by atoms with Gasteiger partial charge in [0.05, 0.1) is 19.3 Å². The fourth-order valence-electron chi connectivity index (χ4n) is 2.34. The lowest BCUT2D eigenvalue weighted by molar-refractivity contribution is 0.0938. The minimum atomic E-state index is 0.341. The molecule has 1 N–H and O–H groups in total. The van der Waals surface area contributed by atoms with E-state index in [1.165, 1.54) is 0 Å². The highest BCUT2D eigenvalue weighted by Crippen LogP contribution is 2.20. The minimum absolute atomic E-state index is 0.341. The first-order valence-corrected chi connectivity index (χ1v) is 6.96. The van der Waals surface area contributed by atoms with Crippen molar-refractivity contribution >= 4 is 5.82 Å². The molecular weight excluding hydrogens is 240 g/mol. The van der Waals surface area contributed by atoms with Gasteiger partial charge >= 0.3 is 0 Å². The first-order chi connectivity index (χ1) is 9.11. The van der Waals surface area contributed by atoms with Crippen LogP contribution in [-0.4, -0.2) is 49.4 Å². The Morgan fingerprint density at radius 2 is 2.26 bits per heavy atom. The summed E-state index contributed by atoms with van der Waals surface area (Å²) >= 11 is 0. The van der Waals surface area contributed by atoms with Crippen molar-refractivity contribution in [1.29, 1.82) is 0 Å². The smallest absolute Gasteiger partial charge is 0.133 e. The third-order valence-electron chi connectivity index (χ3n) is 3.34. The van der Waals surface area contributed by atoms with Gasteiger partial charge in [0.1, 0.15) is 11.6 Å². The van der Waals surface area contributed by atoms with E-state index in [-0.39, 0.29) is 0 Å². The number of aryl methyl sites for hydroxylation is 1. The molecule has 2 heterocycles. The molecule has 1 saturated heterocycles. The lowest BCUT2D eigenvalue weighted by atomic mass is 10.2. The van der Waals surface area contributed by atoms with Crippen LogP contribution >= 0.6 is 0 Å². The number of nitrogens with one attached hydrogen (secondary N) is 1. The Bertz CT molecular complexity index is 420. The monoisotopic (exact) mass is 264 g/mol. The zero-order chi connectivity index (χ0) is 13.8. The molecule has 1 atom stereocenters. The number of aromatic nitrogens is 2. The highest BCUT2D eigenvalue weighted by atomic mass is 16.5. The van der Waals surface area contributed by atoms with Crippen molar-refractivity contribution in [3.8, 4) is 0 Å². The van der Waals surface area contributed by atoms with E-state index in [1.807, 2.05) is 14.0 Å². The maximum absolute atomic E-state index is 5.57. The van der Waals surface area contributed by atoms with E-state index in [4.69, 9.17) is 9.72 Å². The molecule has 2 rings (SSSR count). The van der Waals surface area contributed by atoms with E-state index < -0.39 is 0 Å². The van der Waals surface area contributed by atoms with E-state index in [0.29, 0.717) is 12.0 Å². The van der Waals surface area contributed by atoms with Gasteiger partial charge in [-0.15, -0.1) is 0 Å². The van der Waals surface area contributed by atoms with Gasteiger partial charge in [-0.05, 0) is 14.0 Å². The molecule has 0 aromatic carbocycles. The van der Waals surface area contributed by atoms with E-state index in [9.17, 15) is 0 Å². The number of hydrogen-bond acceptors (Lipinski definition) is 5. The molecular formula is C14H24N4O. The molecule has 1 unspecified atom stereocenters. The lowest BCUT2D eigenvalue weighted by Gasteiger charge is -2.36. The van der Waals surface area contributed by atoms with Crippen molar-refractivity contribution in [2.75, 3.05) is 38.3 Å². The second kappa shape index (κ2) is 6.30. The molecule has 5 nitrogen and oxygen atoms in total. The van der Waals surface area contributed by atoms with Gasteiger partial charge in [0, 0.05) is 30.8 Å². The molecule has 106 valence electrons. The van der Waals surface area contributed by atoms with E-state index >= 15 is 0 Å². The maximum Gasteiger partial charge on any atom is 0.133 e. The highest BCUT2D eigenvalue weighted by molar-refractivity contribution is 5.42. The van der Waals surface area contributed by atoms with Gasteiger partial charge in [0.15, 0.2) is 0 Å². The fraction of sp³-hybridized carbons (Fsp3) is 0.714. The zero-order valence-electron chi connectivity index (χ0n) is 12.3. The average Bonchev–Trinajstić information content (AvgIpc) is 2.39. The summed E-state index contributed by atoms with van der Waals surface area (Å²) in [6, 6.07) is 2.41. The first kappa shape index (κ1) is 14.2. The number of likely N-dealkylation sites (N-methyl/N-ethyl adjacent to an activating group) is 1. The molecule has 0 amide bonds. The van der Waals surface area contributed by atoms with Gasteiger partial charge in [-0.1, -0.05) is 13.8 Å². The summed E-state index contributed by atoms with van der Waals surface area (Å²) in [5, 5.41) is 3.22. The van der Waals surface area contributed by atoms with Crippen LogP contribution in [0.15, 0.2) is 6.07 Å². The Labute approximate surface area is 115 Å². The predicted octanol–water partition coefficient (Wildman–Crippen LogP) is 1.33. The van der Waals surface area contributed by atoms with Crippen LogP contribution in [0.3, 0.4) is 0 Å². The summed E-state index contributed by atoms with van der Waals surface area (Å²) in [4.78, 5) is 11.6. The number of anilines is 1. The van der Waals surface area contributed by atoms with Gasteiger partial charge in [-0.25, -0.2) is 9.97 Å². The molecule has 0 bridgehead atoms. The van der Waals surface area contributed by atoms with Crippen molar-refractivity contribution in [1.82, 2.24) is 15.3 Å². The van der Waals surface area contributed by atoms with Crippen LogP contribution in [0.2, 0.25) is 0 Å². The predicted molar refractivity (Wildman–Crippen MR) is 76.7 cm³/mol. The molecule has 19 heavy (non-hydrogen) atoms. The number of rotatable bonds is 4. The summed E-state index contributed by atoms with van der Waals surface area (Å²) in [7, 11) is 1.97. The van der Waals surface area contributed by atoms with Crippen LogP contribution in [0.5, 0.6) is 0 Å². The van der Waals surface area contributed by atoms with E-state index in [2.05, 4.69) is 35.1 Å². The van der Waals surface area contributed by atoms with Gasteiger partial charge in [-0.3, -0.25) is 0 Å². The number of ether oxygens (including phenoxy) is 1. The van der Waals surface area contributed by atoms with Crippen LogP contribution < -0.4 is 10.2 Å². The summed E-state index contributed by atoms with van der Waals surface area (Å²) in [5.74, 6) is 2.30.